The molecular weight excluding hydrogens is 594 g/mol. The maximum atomic E-state index is 14.4. The van der Waals surface area contributed by atoms with Crippen molar-refractivity contribution in [2.75, 3.05) is 13.1 Å². The van der Waals surface area contributed by atoms with Gasteiger partial charge in [-0.05, 0) is 41.5 Å². The molecule has 4 aromatic rings. The van der Waals surface area contributed by atoms with Gasteiger partial charge >= 0.3 is 5.97 Å². The van der Waals surface area contributed by atoms with Crippen molar-refractivity contribution in [2.24, 2.45) is 5.92 Å². The van der Waals surface area contributed by atoms with E-state index in [-0.39, 0.29) is 31.1 Å². The van der Waals surface area contributed by atoms with Gasteiger partial charge in [0.1, 0.15) is 18.1 Å². The Morgan fingerprint density at radius 2 is 1.49 bits per heavy atom. The van der Waals surface area contributed by atoms with E-state index in [0.29, 0.717) is 19.5 Å². The van der Waals surface area contributed by atoms with Crippen LogP contribution in [0.2, 0.25) is 0 Å². The first-order chi connectivity index (χ1) is 22.7. The first kappa shape index (κ1) is 33.4. The number of piperazine rings is 1. The minimum atomic E-state index is -1.13. The summed E-state index contributed by atoms with van der Waals surface area (Å²) in [5, 5.41) is 19.7. The van der Waals surface area contributed by atoms with E-state index in [9.17, 15) is 24.3 Å². The molecule has 4 atom stereocenters. The van der Waals surface area contributed by atoms with Crippen LogP contribution in [0.15, 0.2) is 91.1 Å². The summed E-state index contributed by atoms with van der Waals surface area (Å²) >= 11 is 0. The first-order valence-electron chi connectivity index (χ1n) is 16.2. The molecule has 10 heteroatoms. The zero-order valence-electron chi connectivity index (χ0n) is 26.8. The van der Waals surface area contributed by atoms with E-state index < -0.39 is 42.0 Å². The highest BCUT2D eigenvalue weighted by Gasteiger charge is 2.38. The summed E-state index contributed by atoms with van der Waals surface area (Å²) < 4.78 is 0. The second kappa shape index (κ2) is 15.6. The van der Waals surface area contributed by atoms with Crippen LogP contribution in [0.4, 0.5) is 0 Å². The molecule has 5 N–H and O–H groups in total. The molecule has 4 unspecified atom stereocenters. The lowest BCUT2D eigenvalue weighted by atomic mass is 9.97. The summed E-state index contributed by atoms with van der Waals surface area (Å²) in [5.41, 5.74) is 3.60. The largest absolute Gasteiger partial charge is 0.480 e. The summed E-state index contributed by atoms with van der Waals surface area (Å²) in [6.45, 7) is 4.59. The molecule has 1 aliphatic heterocycles. The number of aromatic amines is 1. The Kier molecular flexibility index (Phi) is 11.1. The highest BCUT2D eigenvalue weighted by molar-refractivity contribution is 5.95. The van der Waals surface area contributed by atoms with Crippen LogP contribution in [0.5, 0.6) is 0 Å². The van der Waals surface area contributed by atoms with E-state index in [2.05, 4.69) is 20.9 Å². The van der Waals surface area contributed by atoms with E-state index in [1.807, 2.05) is 105 Å². The number of benzene rings is 3. The van der Waals surface area contributed by atoms with Crippen molar-refractivity contribution in [1.82, 2.24) is 25.8 Å². The third kappa shape index (κ3) is 8.65. The number of carboxylic acids is 1. The van der Waals surface area contributed by atoms with E-state index in [1.54, 1.807) is 4.90 Å². The fourth-order valence-corrected chi connectivity index (χ4v) is 6.22. The van der Waals surface area contributed by atoms with Crippen molar-refractivity contribution in [2.45, 2.75) is 63.7 Å². The number of aliphatic carboxylic acids is 1. The molecule has 3 amide bonds. The van der Waals surface area contributed by atoms with Gasteiger partial charge in [0, 0.05) is 43.0 Å². The van der Waals surface area contributed by atoms with Crippen LogP contribution in [0.3, 0.4) is 0 Å². The molecule has 0 radical (unpaired) electrons. The van der Waals surface area contributed by atoms with Crippen LogP contribution in [0, 0.1) is 5.92 Å². The first-order valence-corrected chi connectivity index (χ1v) is 16.2. The number of hydrogen-bond acceptors (Lipinski definition) is 5. The van der Waals surface area contributed by atoms with Crippen molar-refractivity contribution in [3.8, 4) is 0 Å². The van der Waals surface area contributed by atoms with Crippen molar-refractivity contribution in [1.29, 1.82) is 0 Å². The lowest BCUT2D eigenvalue weighted by Gasteiger charge is -2.38. The number of nitrogens with zero attached hydrogens (tertiary/aromatic N) is 1. The molecule has 47 heavy (non-hydrogen) atoms. The van der Waals surface area contributed by atoms with Gasteiger partial charge in [-0.15, -0.1) is 0 Å². The van der Waals surface area contributed by atoms with Crippen LogP contribution in [0.25, 0.3) is 10.9 Å². The van der Waals surface area contributed by atoms with Crippen molar-refractivity contribution >= 4 is 34.6 Å². The SMILES string of the molecule is CC(C)CC(NC(=O)C(Cc1ccccc1)NC(=O)C(Cc1c[nH]c2ccccc12)N1CCNC(Cc2ccccc2)C1=O)C(=O)O. The molecule has 246 valence electrons. The molecule has 10 nitrogen and oxygen atoms in total. The van der Waals surface area contributed by atoms with Crippen LogP contribution in [-0.4, -0.2) is 75.9 Å². The topological polar surface area (TPSA) is 144 Å². The molecular formula is C37H43N5O5. The number of carbonyl (C=O) groups is 4. The second-order valence-corrected chi connectivity index (χ2v) is 12.6. The summed E-state index contributed by atoms with van der Waals surface area (Å²) in [4.78, 5) is 59.0. The Balaban J connectivity index is 1.44. The average Bonchev–Trinajstić information content (AvgIpc) is 3.47. The van der Waals surface area contributed by atoms with Crippen LogP contribution in [-0.2, 0) is 38.4 Å². The predicted octanol–water partition coefficient (Wildman–Crippen LogP) is 3.47. The van der Waals surface area contributed by atoms with E-state index in [1.165, 1.54) is 0 Å². The molecule has 0 saturated carbocycles. The molecule has 2 heterocycles. The van der Waals surface area contributed by atoms with Crippen LogP contribution < -0.4 is 16.0 Å². The summed E-state index contributed by atoms with van der Waals surface area (Å²) in [5.74, 6) is -2.36. The molecule has 1 aromatic heterocycles. The standard InChI is InChI=1S/C37H43N5O5/c1-24(2)19-32(37(46)47)41-34(43)30(20-25-11-5-3-6-12-25)40-35(44)33(22-27-23-39-29-16-10-9-15-28(27)29)42-18-17-38-31(36(42)45)21-26-13-7-4-8-14-26/h3-16,23-24,30-33,38-39H,17-22H2,1-2H3,(H,40,44)(H,41,43)(H,46,47). The molecule has 1 saturated heterocycles. The highest BCUT2D eigenvalue weighted by Crippen LogP contribution is 2.23. The third-order valence-corrected chi connectivity index (χ3v) is 8.61. The van der Waals surface area contributed by atoms with Gasteiger partial charge < -0.3 is 30.9 Å². The molecule has 0 bridgehead atoms. The average molecular weight is 638 g/mol. The quantitative estimate of drug-likeness (QED) is 0.143. The minimum absolute atomic E-state index is 0.0293. The molecule has 1 aliphatic rings. The van der Waals surface area contributed by atoms with E-state index >= 15 is 0 Å². The zero-order chi connectivity index (χ0) is 33.3. The summed E-state index contributed by atoms with van der Waals surface area (Å²) in [7, 11) is 0. The van der Waals surface area contributed by atoms with E-state index in [0.717, 1.165) is 27.6 Å². The summed E-state index contributed by atoms with van der Waals surface area (Å²) in [6, 6.07) is 23.2. The number of para-hydroxylation sites is 1. The molecule has 1 fully saturated rings. The van der Waals surface area contributed by atoms with Crippen molar-refractivity contribution in [3.05, 3.63) is 108 Å². The number of carboxylic acid groups (broad SMARTS) is 1. The number of nitrogens with one attached hydrogen (secondary N) is 4. The normalized spacial score (nSPS) is 16.9. The lowest BCUT2D eigenvalue weighted by molar-refractivity contribution is -0.145. The van der Waals surface area contributed by atoms with Gasteiger partial charge in [0.05, 0.1) is 6.04 Å². The molecule has 3 aromatic carbocycles. The number of H-pyrrole nitrogens is 1. The third-order valence-electron chi connectivity index (χ3n) is 8.61. The smallest absolute Gasteiger partial charge is 0.326 e. The van der Waals surface area contributed by atoms with Gasteiger partial charge in [-0.25, -0.2) is 4.79 Å². The molecule has 0 aliphatic carbocycles. The van der Waals surface area contributed by atoms with Gasteiger partial charge in [0.2, 0.25) is 17.7 Å². The number of amides is 3. The van der Waals surface area contributed by atoms with Gasteiger partial charge in [0.15, 0.2) is 0 Å². The highest BCUT2D eigenvalue weighted by atomic mass is 16.4. The molecule has 0 spiro atoms. The summed E-state index contributed by atoms with van der Waals surface area (Å²) in [6.07, 6.45) is 2.96. The monoisotopic (exact) mass is 637 g/mol. The maximum absolute atomic E-state index is 14.4. The Morgan fingerprint density at radius 1 is 0.851 bits per heavy atom. The predicted molar refractivity (Wildman–Crippen MR) is 181 cm³/mol. The number of rotatable bonds is 14. The van der Waals surface area contributed by atoms with E-state index in [4.69, 9.17) is 0 Å². The molecule has 5 rings (SSSR count). The second-order valence-electron chi connectivity index (χ2n) is 12.6. The number of carbonyl (C=O) groups excluding carboxylic acids is 3. The van der Waals surface area contributed by atoms with Crippen molar-refractivity contribution in [3.63, 3.8) is 0 Å². The van der Waals surface area contributed by atoms with Gasteiger partial charge in [0.25, 0.3) is 0 Å². The maximum Gasteiger partial charge on any atom is 0.326 e. The number of aromatic nitrogens is 1. The van der Waals surface area contributed by atoms with Gasteiger partial charge in [-0.1, -0.05) is 92.7 Å². The Hall–Kier alpha value is -4.96. The zero-order valence-corrected chi connectivity index (χ0v) is 26.8. The fraction of sp³-hybridized carbons (Fsp3) is 0.351. The lowest BCUT2D eigenvalue weighted by Crippen LogP contribution is -2.63. The van der Waals surface area contributed by atoms with Crippen molar-refractivity contribution < 1.29 is 24.3 Å². The van der Waals surface area contributed by atoms with Gasteiger partial charge in [-0.2, -0.15) is 0 Å². The van der Waals surface area contributed by atoms with Gasteiger partial charge in [-0.3, -0.25) is 14.4 Å². The Morgan fingerprint density at radius 3 is 2.17 bits per heavy atom. The Bertz CT molecular complexity index is 1670. The minimum Gasteiger partial charge on any atom is -0.480 e. The Labute approximate surface area is 274 Å². The number of fused-ring (bicyclic) bond motifs is 1. The van der Waals surface area contributed by atoms with Crippen LogP contribution in [0.1, 0.15) is 37.0 Å². The fourth-order valence-electron chi connectivity index (χ4n) is 6.22. The van der Waals surface area contributed by atoms with Crippen LogP contribution >= 0.6 is 0 Å². The number of hydrogen-bond donors (Lipinski definition) is 5.